The maximum absolute atomic E-state index is 12.7. The minimum atomic E-state index is -0.274. The number of carbonyl (C=O) groups excluding carboxylic acids is 1. The predicted molar refractivity (Wildman–Crippen MR) is 114 cm³/mol. The highest BCUT2D eigenvalue weighted by molar-refractivity contribution is 9.10. The second kappa shape index (κ2) is 7.60. The molecule has 1 aliphatic carbocycles. The van der Waals surface area contributed by atoms with E-state index in [2.05, 4.69) is 21.2 Å². The molecule has 6 heteroatoms. The molecule has 1 amide bonds. The molecule has 0 radical (unpaired) electrons. The number of fused-ring (bicyclic) bond motifs is 1. The average Bonchev–Trinajstić information content (AvgIpc) is 3.49. The largest absolute Gasteiger partial charge is 0.324 e. The first-order valence-electron chi connectivity index (χ1n) is 9.01. The molecule has 1 unspecified atom stereocenters. The molecule has 2 aromatic carbocycles. The molecule has 1 N–H and O–H groups in total. The van der Waals surface area contributed by atoms with Crippen molar-refractivity contribution in [3.05, 3.63) is 58.3 Å². The molecule has 0 spiro atoms. The Morgan fingerprint density at radius 3 is 2.74 bits per heavy atom. The van der Waals surface area contributed by atoms with E-state index in [-0.39, 0.29) is 11.2 Å². The second-order valence-corrected chi connectivity index (χ2v) is 9.09. The number of aryl methyl sites for hydroxylation is 1. The number of aromatic nitrogens is 2. The first-order valence-corrected chi connectivity index (χ1v) is 10.7. The third kappa shape index (κ3) is 4.17. The molecule has 4 nitrogen and oxygen atoms in total. The van der Waals surface area contributed by atoms with E-state index >= 15 is 0 Å². The number of thioether (sulfide) groups is 1. The Labute approximate surface area is 171 Å². The summed E-state index contributed by atoms with van der Waals surface area (Å²) in [4.78, 5) is 22.2. The molecule has 1 saturated carbocycles. The number of nitrogens with zero attached hydrogens (tertiary/aromatic N) is 2. The van der Waals surface area contributed by atoms with Crippen LogP contribution in [0.2, 0.25) is 0 Å². The van der Waals surface area contributed by atoms with Crippen molar-refractivity contribution in [3.8, 4) is 0 Å². The zero-order valence-electron chi connectivity index (χ0n) is 15.2. The Bertz CT molecular complexity index is 1020. The number of halogens is 1. The number of hydrogen-bond acceptors (Lipinski definition) is 4. The quantitative estimate of drug-likeness (QED) is 0.407. The summed E-state index contributed by atoms with van der Waals surface area (Å²) in [6, 6.07) is 13.9. The van der Waals surface area contributed by atoms with Gasteiger partial charge >= 0.3 is 0 Å². The summed E-state index contributed by atoms with van der Waals surface area (Å²) >= 11 is 5.00. The van der Waals surface area contributed by atoms with Crippen molar-refractivity contribution in [1.29, 1.82) is 0 Å². The highest BCUT2D eigenvalue weighted by Gasteiger charge is 2.28. The summed E-state index contributed by atoms with van der Waals surface area (Å²) in [5.74, 6) is 1.34. The van der Waals surface area contributed by atoms with Gasteiger partial charge in [0, 0.05) is 15.8 Å². The summed E-state index contributed by atoms with van der Waals surface area (Å²) in [5.41, 5.74) is 2.87. The third-order valence-corrected chi connectivity index (χ3v) is 6.33. The lowest BCUT2D eigenvalue weighted by Gasteiger charge is -2.14. The van der Waals surface area contributed by atoms with Gasteiger partial charge in [-0.3, -0.25) is 4.79 Å². The summed E-state index contributed by atoms with van der Waals surface area (Å²) in [5, 5.41) is 4.62. The Balaban J connectivity index is 1.56. The van der Waals surface area contributed by atoms with Crippen LogP contribution in [0, 0.1) is 6.92 Å². The van der Waals surface area contributed by atoms with Gasteiger partial charge in [0.25, 0.3) is 0 Å². The van der Waals surface area contributed by atoms with Crippen molar-refractivity contribution in [3.63, 3.8) is 0 Å². The fourth-order valence-corrected chi connectivity index (χ4v) is 4.39. The molecular formula is C21H20BrN3OS. The molecule has 1 atom stereocenters. The lowest BCUT2D eigenvalue weighted by molar-refractivity contribution is -0.115. The van der Waals surface area contributed by atoms with Crippen LogP contribution >= 0.6 is 27.7 Å². The standard InChI is InChI=1S/C21H20BrN3OS/c1-12-7-10-18(16(22)11-12)24-20(26)13(2)27-21-15-5-3-4-6-17(15)23-19(25-21)14-8-9-14/h3-7,10-11,13-14H,8-9H2,1-2H3,(H,24,26). The zero-order chi connectivity index (χ0) is 19.0. The number of para-hydroxylation sites is 1. The zero-order valence-corrected chi connectivity index (χ0v) is 17.6. The molecule has 138 valence electrons. The van der Waals surface area contributed by atoms with Gasteiger partial charge < -0.3 is 5.32 Å². The van der Waals surface area contributed by atoms with Crippen molar-refractivity contribution in [2.24, 2.45) is 0 Å². The van der Waals surface area contributed by atoms with Crippen LogP contribution in [0.1, 0.15) is 37.1 Å². The molecule has 1 aromatic heterocycles. The van der Waals surface area contributed by atoms with Gasteiger partial charge in [0.2, 0.25) is 5.91 Å². The molecular weight excluding hydrogens is 422 g/mol. The third-order valence-electron chi connectivity index (χ3n) is 4.57. The van der Waals surface area contributed by atoms with Crippen molar-refractivity contribution in [2.75, 3.05) is 5.32 Å². The van der Waals surface area contributed by atoms with Crippen LogP contribution in [0.5, 0.6) is 0 Å². The van der Waals surface area contributed by atoms with Crippen LogP contribution in [-0.2, 0) is 4.79 Å². The fraction of sp³-hybridized carbons (Fsp3) is 0.286. The minimum Gasteiger partial charge on any atom is -0.324 e. The van der Waals surface area contributed by atoms with Crippen LogP contribution < -0.4 is 5.32 Å². The van der Waals surface area contributed by atoms with Crippen molar-refractivity contribution < 1.29 is 4.79 Å². The summed E-state index contributed by atoms with van der Waals surface area (Å²) in [6.45, 7) is 3.93. The first kappa shape index (κ1) is 18.4. The van der Waals surface area contributed by atoms with Gasteiger partial charge in [-0.15, -0.1) is 0 Å². The molecule has 1 aliphatic rings. The average molecular weight is 442 g/mol. The normalized spacial score (nSPS) is 14.9. The number of rotatable bonds is 5. The number of hydrogen-bond donors (Lipinski definition) is 1. The van der Waals surface area contributed by atoms with Crippen molar-refractivity contribution in [2.45, 2.75) is 42.9 Å². The fourth-order valence-electron chi connectivity index (χ4n) is 2.86. The molecule has 4 rings (SSSR count). The Morgan fingerprint density at radius 1 is 1.22 bits per heavy atom. The van der Waals surface area contributed by atoms with E-state index in [1.165, 1.54) is 11.8 Å². The molecule has 1 heterocycles. The molecule has 0 saturated heterocycles. The van der Waals surface area contributed by atoms with Crippen LogP contribution in [0.15, 0.2) is 52.0 Å². The summed E-state index contributed by atoms with van der Waals surface area (Å²) in [7, 11) is 0. The topological polar surface area (TPSA) is 54.9 Å². The Kier molecular flexibility index (Phi) is 5.19. The number of amides is 1. The monoisotopic (exact) mass is 441 g/mol. The van der Waals surface area contributed by atoms with Crippen LogP contribution in [0.3, 0.4) is 0 Å². The van der Waals surface area contributed by atoms with E-state index in [4.69, 9.17) is 9.97 Å². The van der Waals surface area contributed by atoms with Gasteiger partial charge in [0.1, 0.15) is 10.9 Å². The predicted octanol–water partition coefficient (Wildman–Crippen LogP) is 5.70. The Hall–Kier alpha value is -1.92. The number of nitrogens with one attached hydrogen (secondary N) is 1. The maximum atomic E-state index is 12.7. The van der Waals surface area contributed by atoms with Gasteiger partial charge in [0.15, 0.2) is 0 Å². The van der Waals surface area contributed by atoms with Crippen LogP contribution in [0.25, 0.3) is 10.9 Å². The van der Waals surface area contributed by atoms with Crippen molar-refractivity contribution >= 4 is 50.2 Å². The molecule has 1 fully saturated rings. The number of benzene rings is 2. The van der Waals surface area contributed by atoms with Gasteiger partial charge in [0.05, 0.1) is 16.5 Å². The van der Waals surface area contributed by atoms with Gasteiger partial charge in [-0.25, -0.2) is 9.97 Å². The van der Waals surface area contributed by atoms with Gasteiger partial charge in [-0.05, 0) is 66.4 Å². The van der Waals surface area contributed by atoms with E-state index < -0.39 is 0 Å². The molecule has 0 bridgehead atoms. The van der Waals surface area contributed by atoms with E-state index in [1.807, 2.05) is 56.3 Å². The van der Waals surface area contributed by atoms with E-state index in [0.29, 0.717) is 5.92 Å². The SMILES string of the molecule is Cc1ccc(NC(=O)C(C)Sc2nc(C3CC3)nc3ccccc23)c(Br)c1. The summed E-state index contributed by atoms with van der Waals surface area (Å²) < 4.78 is 0.886. The van der Waals surface area contributed by atoms with E-state index in [9.17, 15) is 4.79 Å². The molecule has 3 aromatic rings. The number of anilines is 1. The minimum absolute atomic E-state index is 0.0415. The maximum Gasteiger partial charge on any atom is 0.237 e. The van der Waals surface area contributed by atoms with Gasteiger partial charge in [-0.1, -0.05) is 36.0 Å². The van der Waals surface area contributed by atoms with E-state index in [0.717, 1.165) is 50.3 Å². The Morgan fingerprint density at radius 2 is 2.00 bits per heavy atom. The molecule has 27 heavy (non-hydrogen) atoms. The highest BCUT2D eigenvalue weighted by atomic mass is 79.9. The summed E-state index contributed by atoms with van der Waals surface area (Å²) in [6.07, 6.45) is 2.31. The second-order valence-electron chi connectivity index (χ2n) is 6.91. The van der Waals surface area contributed by atoms with E-state index in [1.54, 1.807) is 0 Å². The smallest absolute Gasteiger partial charge is 0.237 e. The number of carbonyl (C=O) groups is 1. The first-order chi connectivity index (χ1) is 13.0. The van der Waals surface area contributed by atoms with Crippen LogP contribution in [0.4, 0.5) is 5.69 Å². The molecule has 0 aliphatic heterocycles. The van der Waals surface area contributed by atoms with Crippen molar-refractivity contribution in [1.82, 2.24) is 9.97 Å². The van der Waals surface area contributed by atoms with Gasteiger partial charge in [-0.2, -0.15) is 0 Å². The highest BCUT2D eigenvalue weighted by Crippen LogP contribution is 2.40. The lowest BCUT2D eigenvalue weighted by Crippen LogP contribution is -2.22. The van der Waals surface area contributed by atoms with Crippen LogP contribution in [-0.4, -0.2) is 21.1 Å². The lowest BCUT2D eigenvalue weighted by atomic mass is 10.2.